The summed E-state index contributed by atoms with van der Waals surface area (Å²) in [6.07, 6.45) is 5.57. The van der Waals surface area contributed by atoms with Crippen molar-refractivity contribution in [3.8, 4) is 39.7 Å². The molecule has 210 valence electrons. The highest BCUT2D eigenvalue weighted by atomic mass is 15.1. The van der Waals surface area contributed by atoms with Crippen LogP contribution in [0, 0.1) is 0 Å². The second-order valence-electron chi connectivity index (χ2n) is 11.2. The van der Waals surface area contributed by atoms with Crippen molar-refractivity contribution >= 4 is 43.4 Å². The molecule has 0 spiro atoms. The fraction of sp³-hybridized carbons (Fsp3) is 0. The number of para-hydroxylation sites is 1. The van der Waals surface area contributed by atoms with E-state index in [1.807, 2.05) is 30.6 Å². The largest absolute Gasteiger partial charge is 0.294 e. The zero-order valence-corrected chi connectivity index (χ0v) is 24.2. The van der Waals surface area contributed by atoms with Gasteiger partial charge in [0.05, 0.1) is 33.8 Å². The molecule has 5 heteroatoms. The Hall–Kier alpha value is -6.20. The summed E-state index contributed by atoms with van der Waals surface area (Å²) in [6, 6.07) is 46.3. The molecule has 45 heavy (non-hydrogen) atoms. The van der Waals surface area contributed by atoms with Crippen molar-refractivity contribution in [3.63, 3.8) is 0 Å². The van der Waals surface area contributed by atoms with Crippen LogP contribution in [-0.4, -0.2) is 24.5 Å². The molecule has 0 aliphatic carbocycles. The van der Waals surface area contributed by atoms with E-state index in [4.69, 9.17) is 9.97 Å². The average Bonchev–Trinajstić information content (AvgIpc) is 3.46. The first-order valence-corrected chi connectivity index (χ1v) is 15.0. The lowest BCUT2D eigenvalue weighted by Gasteiger charge is -2.12. The van der Waals surface area contributed by atoms with Crippen LogP contribution in [0.4, 0.5) is 0 Å². The fourth-order valence-corrected chi connectivity index (χ4v) is 6.42. The quantitative estimate of drug-likeness (QED) is 0.196. The highest BCUT2D eigenvalue weighted by Gasteiger charge is 2.15. The number of nitrogens with zero attached hydrogens (tertiary/aromatic N) is 5. The number of fused-ring (bicyclic) bond motifs is 6. The third-order valence-electron chi connectivity index (χ3n) is 8.53. The van der Waals surface area contributed by atoms with Crippen molar-refractivity contribution in [2.45, 2.75) is 0 Å². The van der Waals surface area contributed by atoms with Gasteiger partial charge in [0.15, 0.2) is 0 Å². The third kappa shape index (κ3) is 4.25. The van der Waals surface area contributed by atoms with Gasteiger partial charge in [0, 0.05) is 40.5 Å². The van der Waals surface area contributed by atoms with Gasteiger partial charge in [-0.1, -0.05) is 78.9 Å². The minimum Gasteiger partial charge on any atom is -0.294 e. The van der Waals surface area contributed by atoms with E-state index in [0.29, 0.717) is 0 Å². The van der Waals surface area contributed by atoms with Crippen molar-refractivity contribution in [2.24, 2.45) is 0 Å². The van der Waals surface area contributed by atoms with Crippen LogP contribution in [0.15, 0.2) is 152 Å². The van der Waals surface area contributed by atoms with Crippen LogP contribution in [0.2, 0.25) is 0 Å². The molecule has 0 saturated heterocycles. The first kappa shape index (κ1) is 25.3. The SMILES string of the molecule is c1ccc(-c2cc(-c3cccc(-n4c5ccccc5c5cnccc54)n3)cc(-c3ccc4c(ccc5ccccc54)c3)n2)nc1. The van der Waals surface area contributed by atoms with Crippen LogP contribution in [-0.2, 0) is 0 Å². The minimum absolute atomic E-state index is 0.803. The molecule has 0 aliphatic heterocycles. The van der Waals surface area contributed by atoms with Gasteiger partial charge in [-0.05, 0) is 76.1 Å². The molecule has 0 radical (unpaired) electrons. The smallest absolute Gasteiger partial charge is 0.138 e. The second kappa shape index (κ2) is 10.2. The molecule has 0 unspecified atom stereocenters. The molecule has 0 aliphatic rings. The Morgan fingerprint density at radius 1 is 0.422 bits per heavy atom. The van der Waals surface area contributed by atoms with E-state index in [0.717, 1.165) is 61.5 Å². The van der Waals surface area contributed by atoms with Crippen LogP contribution in [0.3, 0.4) is 0 Å². The molecule has 0 fully saturated rings. The van der Waals surface area contributed by atoms with E-state index < -0.39 is 0 Å². The number of benzene rings is 4. The summed E-state index contributed by atoms with van der Waals surface area (Å²) in [5.41, 5.74) is 7.54. The normalized spacial score (nSPS) is 11.6. The van der Waals surface area contributed by atoms with Gasteiger partial charge in [-0.2, -0.15) is 0 Å². The molecule has 0 N–H and O–H groups in total. The average molecular weight is 576 g/mol. The number of pyridine rings is 4. The molecule has 5 heterocycles. The molecule has 9 rings (SSSR count). The van der Waals surface area contributed by atoms with Crippen molar-refractivity contribution in [3.05, 3.63) is 152 Å². The highest BCUT2D eigenvalue weighted by molar-refractivity contribution is 6.09. The van der Waals surface area contributed by atoms with Gasteiger partial charge in [-0.25, -0.2) is 9.97 Å². The van der Waals surface area contributed by atoms with Crippen molar-refractivity contribution in [1.29, 1.82) is 0 Å². The maximum atomic E-state index is 5.23. The van der Waals surface area contributed by atoms with E-state index in [2.05, 4.69) is 130 Å². The summed E-state index contributed by atoms with van der Waals surface area (Å²) in [4.78, 5) is 19.4. The highest BCUT2D eigenvalue weighted by Crippen LogP contribution is 2.34. The molecule has 9 aromatic rings. The van der Waals surface area contributed by atoms with Gasteiger partial charge < -0.3 is 0 Å². The lowest BCUT2D eigenvalue weighted by atomic mass is 9.98. The second-order valence-corrected chi connectivity index (χ2v) is 11.2. The fourth-order valence-electron chi connectivity index (χ4n) is 6.42. The Morgan fingerprint density at radius 2 is 1.20 bits per heavy atom. The Balaban J connectivity index is 1.23. The van der Waals surface area contributed by atoms with E-state index in [9.17, 15) is 0 Å². The summed E-state index contributed by atoms with van der Waals surface area (Å²) < 4.78 is 2.21. The first-order valence-electron chi connectivity index (χ1n) is 15.0. The number of rotatable bonds is 4. The number of aromatic nitrogens is 5. The van der Waals surface area contributed by atoms with Gasteiger partial charge in [0.2, 0.25) is 0 Å². The van der Waals surface area contributed by atoms with Gasteiger partial charge in [-0.15, -0.1) is 0 Å². The van der Waals surface area contributed by atoms with E-state index in [1.165, 1.54) is 21.5 Å². The lowest BCUT2D eigenvalue weighted by Crippen LogP contribution is -1.99. The topological polar surface area (TPSA) is 56.5 Å². The maximum absolute atomic E-state index is 5.23. The first-order chi connectivity index (χ1) is 22.3. The predicted octanol–water partition coefficient (Wildman–Crippen LogP) is 9.67. The van der Waals surface area contributed by atoms with Crippen molar-refractivity contribution in [1.82, 2.24) is 24.5 Å². The zero-order chi connectivity index (χ0) is 29.7. The monoisotopic (exact) mass is 575 g/mol. The summed E-state index contributed by atoms with van der Waals surface area (Å²) >= 11 is 0. The number of hydrogen-bond donors (Lipinski definition) is 0. The summed E-state index contributed by atoms with van der Waals surface area (Å²) in [7, 11) is 0. The Morgan fingerprint density at radius 3 is 2.13 bits per heavy atom. The molecule has 4 aromatic carbocycles. The molecule has 0 atom stereocenters. The van der Waals surface area contributed by atoms with Gasteiger partial charge in [0.1, 0.15) is 5.82 Å². The molecular formula is C40H25N5. The summed E-state index contributed by atoms with van der Waals surface area (Å²) in [6.45, 7) is 0. The van der Waals surface area contributed by atoms with Gasteiger partial charge in [-0.3, -0.25) is 14.5 Å². The summed E-state index contributed by atoms with van der Waals surface area (Å²) in [5.74, 6) is 0.847. The van der Waals surface area contributed by atoms with Crippen molar-refractivity contribution in [2.75, 3.05) is 0 Å². The molecule has 0 amide bonds. The molecule has 5 nitrogen and oxygen atoms in total. The Kier molecular flexibility index (Phi) is 5.74. The van der Waals surface area contributed by atoms with E-state index in [1.54, 1.807) is 6.20 Å². The third-order valence-corrected chi connectivity index (χ3v) is 8.53. The van der Waals surface area contributed by atoms with Gasteiger partial charge in [0.25, 0.3) is 0 Å². The molecule has 0 saturated carbocycles. The van der Waals surface area contributed by atoms with E-state index in [-0.39, 0.29) is 0 Å². The minimum atomic E-state index is 0.803. The molecule has 5 aromatic heterocycles. The zero-order valence-electron chi connectivity index (χ0n) is 24.2. The predicted molar refractivity (Wildman–Crippen MR) is 183 cm³/mol. The van der Waals surface area contributed by atoms with Crippen LogP contribution < -0.4 is 0 Å². The Labute approximate surface area is 259 Å². The maximum Gasteiger partial charge on any atom is 0.138 e. The van der Waals surface area contributed by atoms with Crippen LogP contribution >= 0.6 is 0 Å². The van der Waals surface area contributed by atoms with Crippen molar-refractivity contribution < 1.29 is 0 Å². The standard InChI is InChI=1S/C40H25N5/c1-2-9-30-26(8-1)15-16-27-22-28(17-18-31(27)30)36-23-29(24-37(43-36)35-11-5-6-20-42-35)34-12-7-14-40(44-34)45-38-13-4-3-10-32(38)33-25-41-21-19-39(33)45/h1-25H. The molecule has 0 bridgehead atoms. The molecular weight excluding hydrogens is 550 g/mol. The van der Waals surface area contributed by atoms with Gasteiger partial charge >= 0.3 is 0 Å². The van der Waals surface area contributed by atoms with Crippen LogP contribution in [0.1, 0.15) is 0 Å². The van der Waals surface area contributed by atoms with E-state index >= 15 is 0 Å². The number of hydrogen-bond acceptors (Lipinski definition) is 4. The Bertz CT molecular complexity index is 2500. The summed E-state index contributed by atoms with van der Waals surface area (Å²) in [5, 5.41) is 7.15. The van der Waals surface area contributed by atoms with Crippen LogP contribution in [0.25, 0.3) is 83.1 Å². The lowest BCUT2D eigenvalue weighted by molar-refractivity contribution is 1.08. The van der Waals surface area contributed by atoms with Crippen LogP contribution in [0.5, 0.6) is 0 Å².